The summed E-state index contributed by atoms with van der Waals surface area (Å²) in [6.45, 7) is 0. The fourth-order valence-electron chi connectivity index (χ4n) is 3.87. The van der Waals surface area contributed by atoms with Crippen LogP contribution in [-0.4, -0.2) is 26.5 Å². The number of anilines is 2. The predicted octanol–water partition coefficient (Wildman–Crippen LogP) is 4.64. The van der Waals surface area contributed by atoms with Gasteiger partial charge in [-0.3, -0.25) is 0 Å². The van der Waals surface area contributed by atoms with Gasteiger partial charge in [-0.05, 0) is 24.3 Å². The summed E-state index contributed by atoms with van der Waals surface area (Å²) in [5.74, 6) is -1.62. The molecule has 0 heterocycles. The van der Waals surface area contributed by atoms with Crippen molar-refractivity contribution in [3.8, 4) is 29.4 Å². The van der Waals surface area contributed by atoms with Crippen molar-refractivity contribution in [2.45, 2.75) is 6.04 Å². The number of phenols is 3. The molecule has 3 aromatic carbocycles. The molecule has 0 saturated heterocycles. The number of aromatic hydroxyl groups is 3. The van der Waals surface area contributed by atoms with Crippen LogP contribution in [0.1, 0.15) is 5.56 Å². The average Bonchev–Trinajstić information content (AvgIpc) is 2.80. The number of aliphatic hydroxyl groups excluding tert-OH is 1. The molecule has 4 N–H and O–H groups in total. The molecule has 32 heavy (non-hydrogen) atoms. The molecule has 0 spiro atoms. The molecule has 0 bridgehead atoms. The lowest BCUT2D eigenvalue weighted by Crippen LogP contribution is -2.42. The van der Waals surface area contributed by atoms with Crippen LogP contribution in [0.15, 0.2) is 89.7 Å². The standard InChI is InChI=1S/C25H17N3O4/c26-13-15(14-27)21-23(22-19(30)11-18(29)12-20(22)31)25(32)24(21)28(16-7-3-1-4-8-16)17-9-5-2-6-10-17/h1-12,24,29-32H. The third-order valence-corrected chi connectivity index (χ3v) is 5.21. The first-order chi connectivity index (χ1) is 15.5. The zero-order valence-corrected chi connectivity index (χ0v) is 16.6. The molecule has 7 heteroatoms. The molecule has 1 atom stereocenters. The lowest BCUT2D eigenvalue weighted by molar-refractivity contribution is 0.365. The van der Waals surface area contributed by atoms with Gasteiger partial charge in [-0.15, -0.1) is 0 Å². The van der Waals surface area contributed by atoms with Gasteiger partial charge in [0.05, 0.1) is 5.56 Å². The minimum Gasteiger partial charge on any atom is -0.509 e. The van der Waals surface area contributed by atoms with Crippen molar-refractivity contribution < 1.29 is 20.4 Å². The number of hydrogen-bond donors (Lipinski definition) is 4. The number of allylic oxidation sites excluding steroid dienone is 1. The van der Waals surface area contributed by atoms with E-state index in [1.165, 1.54) is 0 Å². The molecule has 0 saturated carbocycles. The Hall–Kier alpha value is -4.88. The topological polar surface area (TPSA) is 132 Å². The molecule has 4 rings (SSSR count). The van der Waals surface area contributed by atoms with Gasteiger partial charge in [-0.25, -0.2) is 0 Å². The molecule has 0 radical (unpaired) electrons. The molecule has 0 aliphatic heterocycles. The summed E-state index contributed by atoms with van der Waals surface area (Å²) < 4.78 is 0. The quantitative estimate of drug-likeness (QED) is 0.450. The van der Waals surface area contributed by atoms with Crippen molar-refractivity contribution in [3.05, 3.63) is 95.3 Å². The molecule has 1 aliphatic rings. The van der Waals surface area contributed by atoms with E-state index in [9.17, 15) is 30.9 Å². The SMILES string of the molecule is N#CC(C#N)=C1C(c2c(O)cc(O)cc2O)=C(O)C1N(c1ccccc1)c1ccccc1. The summed E-state index contributed by atoms with van der Waals surface area (Å²) in [5.41, 5.74) is 1.07. The third kappa shape index (κ3) is 3.24. The monoisotopic (exact) mass is 423 g/mol. The number of para-hydroxylation sites is 2. The molecule has 7 nitrogen and oxygen atoms in total. The summed E-state index contributed by atoms with van der Waals surface area (Å²) >= 11 is 0. The Balaban J connectivity index is 2.00. The molecule has 0 aromatic heterocycles. The maximum atomic E-state index is 11.1. The number of rotatable bonds is 4. The number of benzene rings is 3. The molecular formula is C25H17N3O4. The second kappa shape index (κ2) is 8.10. The molecule has 156 valence electrons. The lowest BCUT2D eigenvalue weighted by atomic mass is 9.75. The average molecular weight is 423 g/mol. The van der Waals surface area contributed by atoms with E-state index in [1.54, 1.807) is 4.90 Å². The molecule has 1 aliphatic carbocycles. The largest absolute Gasteiger partial charge is 0.509 e. The minimum atomic E-state index is -0.920. The van der Waals surface area contributed by atoms with E-state index < -0.39 is 17.5 Å². The van der Waals surface area contributed by atoms with Gasteiger partial charge in [0.2, 0.25) is 0 Å². The highest BCUT2D eigenvalue weighted by molar-refractivity contribution is 5.98. The number of aliphatic hydroxyl groups is 1. The van der Waals surface area contributed by atoms with Gasteiger partial charge in [-0.1, -0.05) is 36.4 Å². The second-order valence-corrected chi connectivity index (χ2v) is 7.08. The number of nitriles is 2. The van der Waals surface area contributed by atoms with Crippen molar-refractivity contribution in [2.75, 3.05) is 4.90 Å². The van der Waals surface area contributed by atoms with E-state index >= 15 is 0 Å². The first-order valence-electron chi connectivity index (χ1n) is 9.60. The second-order valence-electron chi connectivity index (χ2n) is 7.08. The summed E-state index contributed by atoms with van der Waals surface area (Å²) in [6.07, 6.45) is 0. The van der Waals surface area contributed by atoms with Gasteiger partial charge in [0, 0.05) is 34.7 Å². The first kappa shape index (κ1) is 20.4. The summed E-state index contributed by atoms with van der Waals surface area (Å²) in [6, 6.07) is 23.0. The van der Waals surface area contributed by atoms with Crippen LogP contribution in [0.5, 0.6) is 17.2 Å². The Morgan fingerprint density at radius 1 is 0.750 bits per heavy atom. The Morgan fingerprint density at radius 2 is 1.22 bits per heavy atom. The molecule has 0 fully saturated rings. The molecule has 3 aromatic rings. The Kier molecular flexibility index (Phi) is 5.16. The van der Waals surface area contributed by atoms with Crippen molar-refractivity contribution in [3.63, 3.8) is 0 Å². The normalized spacial score (nSPS) is 14.8. The van der Waals surface area contributed by atoms with E-state index in [0.29, 0.717) is 11.4 Å². The number of phenolic OH excluding ortho intramolecular Hbond substituents is 3. The van der Waals surface area contributed by atoms with Crippen LogP contribution >= 0.6 is 0 Å². The zero-order chi connectivity index (χ0) is 22.8. The smallest absolute Gasteiger partial charge is 0.136 e. The summed E-state index contributed by atoms with van der Waals surface area (Å²) in [5, 5.41) is 60.7. The van der Waals surface area contributed by atoms with E-state index in [1.807, 2.05) is 72.8 Å². The highest BCUT2D eigenvalue weighted by Gasteiger charge is 2.45. The van der Waals surface area contributed by atoms with E-state index in [4.69, 9.17) is 0 Å². The van der Waals surface area contributed by atoms with Gasteiger partial charge >= 0.3 is 0 Å². The van der Waals surface area contributed by atoms with Crippen molar-refractivity contribution in [2.24, 2.45) is 0 Å². The van der Waals surface area contributed by atoms with Crippen molar-refractivity contribution >= 4 is 16.9 Å². The van der Waals surface area contributed by atoms with Crippen LogP contribution in [-0.2, 0) is 0 Å². The zero-order valence-electron chi connectivity index (χ0n) is 16.6. The van der Waals surface area contributed by atoms with Crippen LogP contribution in [0.2, 0.25) is 0 Å². The summed E-state index contributed by atoms with van der Waals surface area (Å²) in [7, 11) is 0. The predicted molar refractivity (Wildman–Crippen MR) is 118 cm³/mol. The van der Waals surface area contributed by atoms with Crippen LogP contribution in [0.3, 0.4) is 0 Å². The minimum absolute atomic E-state index is 0.0278. The fourth-order valence-corrected chi connectivity index (χ4v) is 3.87. The van der Waals surface area contributed by atoms with E-state index in [2.05, 4.69) is 0 Å². The van der Waals surface area contributed by atoms with Gasteiger partial charge in [0.1, 0.15) is 46.8 Å². The third-order valence-electron chi connectivity index (χ3n) is 5.21. The van der Waals surface area contributed by atoms with Gasteiger partial charge < -0.3 is 25.3 Å². The highest BCUT2D eigenvalue weighted by atomic mass is 16.3. The fraction of sp³-hybridized carbons (Fsp3) is 0.0400. The van der Waals surface area contributed by atoms with Crippen LogP contribution in [0.4, 0.5) is 11.4 Å². The highest BCUT2D eigenvalue weighted by Crippen LogP contribution is 2.52. The van der Waals surface area contributed by atoms with Gasteiger partial charge in [-0.2, -0.15) is 10.5 Å². The lowest BCUT2D eigenvalue weighted by Gasteiger charge is -2.42. The van der Waals surface area contributed by atoms with E-state index in [0.717, 1.165) is 12.1 Å². The maximum Gasteiger partial charge on any atom is 0.136 e. The Morgan fingerprint density at radius 3 is 1.66 bits per heavy atom. The van der Waals surface area contributed by atoms with Crippen LogP contribution in [0, 0.1) is 22.7 Å². The molecule has 1 unspecified atom stereocenters. The van der Waals surface area contributed by atoms with Crippen molar-refractivity contribution in [1.29, 1.82) is 10.5 Å². The summed E-state index contributed by atoms with van der Waals surface area (Å²) in [4.78, 5) is 1.76. The maximum absolute atomic E-state index is 11.1. The number of hydrogen-bond acceptors (Lipinski definition) is 7. The molecule has 0 amide bonds. The number of nitrogens with zero attached hydrogens (tertiary/aromatic N) is 3. The Bertz CT molecular complexity index is 1250. The Labute approximate surface area is 183 Å². The molecular weight excluding hydrogens is 406 g/mol. The van der Waals surface area contributed by atoms with Crippen LogP contribution in [0.25, 0.3) is 5.57 Å². The van der Waals surface area contributed by atoms with Gasteiger partial charge in [0.25, 0.3) is 0 Å². The first-order valence-corrected chi connectivity index (χ1v) is 9.60. The van der Waals surface area contributed by atoms with Crippen LogP contribution < -0.4 is 4.90 Å². The van der Waals surface area contributed by atoms with Crippen molar-refractivity contribution in [1.82, 2.24) is 0 Å². The van der Waals surface area contributed by atoms with Gasteiger partial charge in [0.15, 0.2) is 0 Å². The van der Waals surface area contributed by atoms with E-state index in [-0.39, 0.29) is 33.8 Å².